The second-order valence-corrected chi connectivity index (χ2v) is 3.25. The summed E-state index contributed by atoms with van der Waals surface area (Å²) in [7, 11) is 0. The van der Waals surface area contributed by atoms with Crippen LogP contribution in [0.5, 0.6) is 5.75 Å². The van der Waals surface area contributed by atoms with E-state index in [9.17, 15) is 5.11 Å². The zero-order valence-electron chi connectivity index (χ0n) is 6.79. The van der Waals surface area contributed by atoms with E-state index in [0.29, 0.717) is 11.1 Å². The smallest absolute Gasteiger partial charge is 0.142 e. The van der Waals surface area contributed by atoms with Gasteiger partial charge in [-0.1, -0.05) is 35.9 Å². The third-order valence-corrected chi connectivity index (χ3v) is 2.29. The molecule has 66 valence electrons. The third-order valence-electron chi connectivity index (χ3n) is 2.00. The lowest BCUT2D eigenvalue weighted by molar-refractivity contribution is 0.482. The topological polar surface area (TPSA) is 46.2 Å². The maximum atomic E-state index is 9.60. The van der Waals surface area contributed by atoms with Crippen LogP contribution in [0.1, 0.15) is 0 Å². The van der Waals surface area contributed by atoms with E-state index >= 15 is 0 Å². The fourth-order valence-corrected chi connectivity index (χ4v) is 1.57. The fraction of sp³-hybridized carbons (Fsp3) is 0. The Labute approximate surface area is 80.6 Å². The Bertz CT molecular complexity index is 468. The summed E-state index contributed by atoms with van der Waals surface area (Å²) >= 11 is 5.76. The number of hydrogen-bond donors (Lipinski definition) is 2. The van der Waals surface area contributed by atoms with Crippen LogP contribution in [0, 0.1) is 0 Å². The molecule has 0 heterocycles. The molecule has 0 saturated heterocycles. The van der Waals surface area contributed by atoms with Gasteiger partial charge < -0.3 is 10.8 Å². The number of halogens is 1. The van der Waals surface area contributed by atoms with Gasteiger partial charge in [0.15, 0.2) is 0 Å². The molecule has 2 aromatic carbocycles. The number of rotatable bonds is 0. The van der Waals surface area contributed by atoms with E-state index in [1.165, 1.54) is 0 Å². The molecule has 2 nitrogen and oxygen atoms in total. The number of anilines is 1. The first-order valence-electron chi connectivity index (χ1n) is 3.86. The Morgan fingerprint density at radius 1 is 1.15 bits per heavy atom. The number of nitrogens with two attached hydrogens (primary N) is 1. The molecule has 2 aromatic rings. The first-order chi connectivity index (χ1) is 6.20. The van der Waals surface area contributed by atoms with Crippen LogP contribution < -0.4 is 5.73 Å². The highest BCUT2D eigenvalue weighted by Gasteiger charge is 2.06. The first-order valence-corrected chi connectivity index (χ1v) is 4.23. The van der Waals surface area contributed by atoms with Crippen molar-refractivity contribution >= 4 is 28.1 Å². The minimum Gasteiger partial charge on any atom is -0.506 e. The Balaban J connectivity index is 2.97. The van der Waals surface area contributed by atoms with Gasteiger partial charge in [-0.25, -0.2) is 0 Å². The summed E-state index contributed by atoms with van der Waals surface area (Å²) in [5, 5.41) is 11.4. The van der Waals surface area contributed by atoms with Crippen LogP contribution in [0.15, 0.2) is 30.3 Å². The fourth-order valence-electron chi connectivity index (χ4n) is 1.35. The molecule has 0 bridgehead atoms. The molecule has 0 spiro atoms. The molecule has 0 amide bonds. The summed E-state index contributed by atoms with van der Waals surface area (Å²) in [5.74, 6) is 0.0893. The minimum absolute atomic E-state index is 0.0893. The minimum atomic E-state index is 0.0893. The molecule has 0 aromatic heterocycles. The number of benzene rings is 2. The standard InChI is InChI=1S/C10H8ClNO/c11-8-5-9(12)6-3-1-2-4-7(6)10(8)13/h1-5,13H,12H2. The van der Waals surface area contributed by atoms with Crippen molar-refractivity contribution in [2.24, 2.45) is 0 Å². The summed E-state index contributed by atoms with van der Waals surface area (Å²) in [4.78, 5) is 0. The number of aromatic hydroxyl groups is 1. The van der Waals surface area contributed by atoms with E-state index in [1.54, 1.807) is 12.1 Å². The molecule has 0 fully saturated rings. The van der Waals surface area contributed by atoms with Gasteiger partial charge in [0, 0.05) is 16.5 Å². The van der Waals surface area contributed by atoms with E-state index < -0.39 is 0 Å². The zero-order chi connectivity index (χ0) is 9.42. The summed E-state index contributed by atoms with van der Waals surface area (Å²) in [5.41, 5.74) is 6.31. The molecular weight excluding hydrogens is 186 g/mol. The van der Waals surface area contributed by atoms with Crippen molar-refractivity contribution < 1.29 is 5.11 Å². The molecular formula is C10H8ClNO. The number of nitrogen functional groups attached to an aromatic ring is 1. The number of phenolic OH excluding ortho intramolecular Hbond substituents is 1. The lowest BCUT2D eigenvalue weighted by Gasteiger charge is -2.05. The van der Waals surface area contributed by atoms with Gasteiger partial charge in [0.05, 0.1) is 5.02 Å². The normalized spacial score (nSPS) is 10.5. The van der Waals surface area contributed by atoms with E-state index in [0.717, 1.165) is 5.39 Å². The number of fused-ring (bicyclic) bond motifs is 1. The van der Waals surface area contributed by atoms with Crippen LogP contribution in [0.4, 0.5) is 5.69 Å². The van der Waals surface area contributed by atoms with Crippen molar-refractivity contribution in [3.63, 3.8) is 0 Å². The van der Waals surface area contributed by atoms with Crippen molar-refractivity contribution in [2.75, 3.05) is 5.73 Å². The van der Waals surface area contributed by atoms with Gasteiger partial charge in [-0.2, -0.15) is 0 Å². The number of phenols is 1. The van der Waals surface area contributed by atoms with Gasteiger partial charge in [-0.05, 0) is 6.07 Å². The highest BCUT2D eigenvalue weighted by atomic mass is 35.5. The van der Waals surface area contributed by atoms with Gasteiger partial charge in [0.25, 0.3) is 0 Å². The van der Waals surface area contributed by atoms with Gasteiger partial charge in [-0.15, -0.1) is 0 Å². The van der Waals surface area contributed by atoms with E-state index in [1.807, 2.05) is 18.2 Å². The van der Waals surface area contributed by atoms with Crippen LogP contribution in [0.25, 0.3) is 10.8 Å². The Morgan fingerprint density at radius 2 is 1.77 bits per heavy atom. The lowest BCUT2D eigenvalue weighted by atomic mass is 10.1. The summed E-state index contributed by atoms with van der Waals surface area (Å²) in [6.07, 6.45) is 0. The van der Waals surface area contributed by atoms with Crippen LogP contribution in [-0.4, -0.2) is 5.11 Å². The molecule has 3 N–H and O–H groups in total. The molecule has 13 heavy (non-hydrogen) atoms. The molecule has 0 unspecified atom stereocenters. The SMILES string of the molecule is Nc1cc(Cl)c(O)c2ccccc12. The summed E-state index contributed by atoms with van der Waals surface area (Å²) in [6, 6.07) is 8.89. The van der Waals surface area contributed by atoms with Crippen LogP contribution in [0.2, 0.25) is 5.02 Å². The molecule has 3 heteroatoms. The van der Waals surface area contributed by atoms with Crippen molar-refractivity contribution in [1.29, 1.82) is 0 Å². The molecule has 0 radical (unpaired) electrons. The molecule has 0 aliphatic heterocycles. The van der Waals surface area contributed by atoms with Crippen LogP contribution in [0.3, 0.4) is 0 Å². The third kappa shape index (κ3) is 1.19. The zero-order valence-corrected chi connectivity index (χ0v) is 7.55. The van der Waals surface area contributed by atoms with E-state index in [4.69, 9.17) is 17.3 Å². The van der Waals surface area contributed by atoms with Crippen LogP contribution >= 0.6 is 11.6 Å². The monoisotopic (exact) mass is 193 g/mol. The molecule has 0 atom stereocenters. The maximum Gasteiger partial charge on any atom is 0.142 e. The molecule has 0 aliphatic carbocycles. The quantitative estimate of drug-likeness (QED) is 0.499. The van der Waals surface area contributed by atoms with Crippen molar-refractivity contribution in [3.8, 4) is 5.75 Å². The average Bonchev–Trinajstić information content (AvgIpc) is 2.15. The maximum absolute atomic E-state index is 9.60. The van der Waals surface area contributed by atoms with Gasteiger partial charge in [0.1, 0.15) is 5.75 Å². The predicted octanol–water partition coefficient (Wildman–Crippen LogP) is 2.78. The van der Waals surface area contributed by atoms with Gasteiger partial charge in [0.2, 0.25) is 0 Å². The first kappa shape index (κ1) is 8.20. The predicted molar refractivity (Wildman–Crippen MR) is 55.0 cm³/mol. The molecule has 0 aliphatic rings. The highest BCUT2D eigenvalue weighted by molar-refractivity contribution is 6.33. The van der Waals surface area contributed by atoms with Gasteiger partial charge >= 0.3 is 0 Å². The highest BCUT2D eigenvalue weighted by Crippen LogP contribution is 2.35. The number of hydrogen-bond acceptors (Lipinski definition) is 2. The van der Waals surface area contributed by atoms with Crippen molar-refractivity contribution in [1.82, 2.24) is 0 Å². The van der Waals surface area contributed by atoms with E-state index in [-0.39, 0.29) is 10.8 Å². The largest absolute Gasteiger partial charge is 0.506 e. The molecule has 0 saturated carbocycles. The van der Waals surface area contributed by atoms with Crippen molar-refractivity contribution in [3.05, 3.63) is 35.4 Å². The summed E-state index contributed by atoms with van der Waals surface area (Å²) in [6.45, 7) is 0. The Morgan fingerprint density at radius 3 is 2.46 bits per heavy atom. The average molecular weight is 194 g/mol. The lowest BCUT2D eigenvalue weighted by Crippen LogP contribution is -1.87. The summed E-state index contributed by atoms with van der Waals surface area (Å²) < 4.78 is 0. The molecule has 2 rings (SSSR count). The second kappa shape index (κ2) is 2.82. The Hall–Kier alpha value is -1.41. The van der Waals surface area contributed by atoms with Crippen molar-refractivity contribution in [2.45, 2.75) is 0 Å². The van der Waals surface area contributed by atoms with Crippen LogP contribution in [-0.2, 0) is 0 Å². The van der Waals surface area contributed by atoms with E-state index in [2.05, 4.69) is 0 Å². The van der Waals surface area contributed by atoms with Gasteiger partial charge in [-0.3, -0.25) is 0 Å². The second-order valence-electron chi connectivity index (χ2n) is 2.84. The Kier molecular flexibility index (Phi) is 1.78.